The third kappa shape index (κ3) is 5.80. The standard InChI is InChI=1S/C16H24FN3.HI/c1-16(9-3-4-10-16)12-20-15(18-2)19-11-13-5-7-14(17)8-6-13;/h5-8H,3-4,9-12H2,1-2H3,(H2,18,19,20);1H. The molecule has 1 aromatic rings. The summed E-state index contributed by atoms with van der Waals surface area (Å²) in [5.41, 5.74) is 1.44. The van der Waals surface area contributed by atoms with E-state index < -0.39 is 0 Å². The monoisotopic (exact) mass is 405 g/mol. The van der Waals surface area contributed by atoms with Crippen molar-refractivity contribution in [2.45, 2.75) is 39.2 Å². The summed E-state index contributed by atoms with van der Waals surface area (Å²) < 4.78 is 12.8. The largest absolute Gasteiger partial charge is 0.356 e. The molecule has 0 radical (unpaired) electrons. The van der Waals surface area contributed by atoms with Crippen molar-refractivity contribution in [2.75, 3.05) is 13.6 Å². The van der Waals surface area contributed by atoms with Crippen molar-refractivity contribution in [1.29, 1.82) is 0 Å². The lowest BCUT2D eigenvalue weighted by atomic mass is 9.89. The summed E-state index contributed by atoms with van der Waals surface area (Å²) >= 11 is 0. The third-order valence-corrected chi connectivity index (χ3v) is 4.09. The van der Waals surface area contributed by atoms with E-state index in [4.69, 9.17) is 0 Å². The number of nitrogens with one attached hydrogen (secondary N) is 2. The van der Waals surface area contributed by atoms with Gasteiger partial charge in [-0.15, -0.1) is 24.0 Å². The van der Waals surface area contributed by atoms with E-state index in [0.717, 1.165) is 18.1 Å². The lowest BCUT2D eigenvalue weighted by molar-refractivity contribution is 0.334. The second-order valence-electron chi connectivity index (χ2n) is 5.92. The molecule has 0 atom stereocenters. The molecule has 5 heteroatoms. The van der Waals surface area contributed by atoms with E-state index >= 15 is 0 Å². The van der Waals surface area contributed by atoms with Crippen LogP contribution in [0.2, 0.25) is 0 Å². The Bertz CT molecular complexity index is 453. The predicted octanol–water partition coefficient (Wildman–Crippen LogP) is 3.69. The Hall–Kier alpha value is -0.850. The van der Waals surface area contributed by atoms with Crippen LogP contribution in [0.3, 0.4) is 0 Å². The van der Waals surface area contributed by atoms with Crippen molar-refractivity contribution < 1.29 is 4.39 Å². The Balaban J connectivity index is 0.00000220. The Morgan fingerprint density at radius 1 is 1.19 bits per heavy atom. The summed E-state index contributed by atoms with van der Waals surface area (Å²) in [5.74, 6) is 0.605. The van der Waals surface area contributed by atoms with Gasteiger partial charge in [-0.2, -0.15) is 0 Å². The minimum atomic E-state index is -0.203. The van der Waals surface area contributed by atoms with Crippen molar-refractivity contribution in [3.63, 3.8) is 0 Å². The molecule has 1 fully saturated rings. The molecule has 1 aliphatic rings. The smallest absolute Gasteiger partial charge is 0.191 e. The highest BCUT2D eigenvalue weighted by atomic mass is 127. The van der Waals surface area contributed by atoms with E-state index in [1.54, 1.807) is 19.2 Å². The second-order valence-corrected chi connectivity index (χ2v) is 5.92. The number of hydrogen-bond acceptors (Lipinski definition) is 1. The molecule has 3 nitrogen and oxygen atoms in total. The molecule has 1 aliphatic carbocycles. The molecular weight excluding hydrogens is 380 g/mol. The van der Waals surface area contributed by atoms with Gasteiger partial charge in [0.1, 0.15) is 5.82 Å². The molecule has 0 bridgehead atoms. The molecule has 0 unspecified atom stereocenters. The number of rotatable bonds is 4. The number of guanidine groups is 1. The SMILES string of the molecule is CN=C(NCc1ccc(F)cc1)NCC1(C)CCCC1.I. The fourth-order valence-corrected chi connectivity index (χ4v) is 2.71. The zero-order valence-electron chi connectivity index (χ0n) is 12.8. The van der Waals surface area contributed by atoms with E-state index in [-0.39, 0.29) is 29.8 Å². The summed E-state index contributed by atoms with van der Waals surface area (Å²) in [6, 6.07) is 6.53. The zero-order chi connectivity index (χ0) is 14.4. The second kappa shape index (κ2) is 8.56. The highest BCUT2D eigenvalue weighted by Crippen LogP contribution is 2.36. The van der Waals surface area contributed by atoms with Crippen molar-refractivity contribution in [2.24, 2.45) is 10.4 Å². The summed E-state index contributed by atoms with van der Waals surface area (Å²) in [6.07, 6.45) is 5.24. The fraction of sp³-hybridized carbons (Fsp3) is 0.562. The normalized spacial score (nSPS) is 17.2. The first-order valence-electron chi connectivity index (χ1n) is 7.30. The fourth-order valence-electron chi connectivity index (χ4n) is 2.71. The Morgan fingerprint density at radius 2 is 1.81 bits per heavy atom. The van der Waals surface area contributed by atoms with Crippen LogP contribution in [0.4, 0.5) is 4.39 Å². The van der Waals surface area contributed by atoms with Crippen LogP contribution >= 0.6 is 24.0 Å². The lowest BCUT2D eigenvalue weighted by Gasteiger charge is -2.25. The summed E-state index contributed by atoms with van der Waals surface area (Å²) in [7, 11) is 1.77. The summed E-state index contributed by atoms with van der Waals surface area (Å²) in [5, 5.41) is 6.66. The van der Waals surface area contributed by atoms with Gasteiger partial charge in [0.25, 0.3) is 0 Å². The van der Waals surface area contributed by atoms with Crippen LogP contribution in [0, 0.1) is 11.2 Å². The van der Waals surface area contributed by atoms with Crippen molar-refractivity contribution in [1.82, 2.24) is 10.6 Å². The average molecular weight is 405 g/mol. The molecule has 0 aliphatic heterocycles. The van der Waals surface area contributed by atoms with E-state index in [9.17, 15) is 4.39 Å². The van der Waals surface area contributed by atoms with E-state index in [1.165, 1.54) is 37.8 Å². The number of aliphatic imine (C=N–C) groups is 1. The minimum absolute atomic E-state index is 0. The van der Waals surface area contributed by atoms with E-state index in [0.29, 0.717) is 12.0 Å². The van der Waals surface area contributed by atoms with Gasteiger partial charge in [0.05, 0.1) is 0 Å². The number of nitrogens with zero attached hydrogens (tertiary/aromatic N) is 1. The Kier molecular flexibility index (Phi) is 7.42. The van der Waals surface area contributed by atoms with Gasteiger partial charge in [-0.3, -0.25) is 4.99 Å². The first-order valence-corrected chi connectivity index (χ1v) is 7.30. The molecule has 2 rings (SSSR count). The van der Waals surface area contributed by atoms with Crippen LogP contribution in [-0.4, -0.2) is 19.6 Å². The molecule has 118 valence electrons. The van der Waals surface area contributed by atoms with Gasteiger partial charge in [-0.25, -0.2) is 4.39 Å². The maximum absolute atomic E-state index is 12.8. The summed E-state index contributed by atoms with van der Waals surface area (Å²) in [4.78, 5) is 4.23. The predicted molar refractivity (Wildman–Crippen MR) is 96.6 cm³/mol. The molecule has 1 aromatic carbocycles. The van der Waals surface area contributed by atoms with Crippen LogP contribution in [-0.2, 0) is 6.54 Å². The van der Waals surface area contributed by atoms with Crippen molar-refractivity contribution in [3.05, 3.63) is 35.6 Å². The number of halogens is 2. The van der Waals surface area contributed by atoms with Gasteiger partial charge in [0, 0.05) is 20.1 Å². The van der Waals surface area contributed by atoms with Gasteiger partial charge in [-0.1, -0.05) is 31.9 Å². The maximum atomic E-state index is 12.8. The van der Waals surface area contributed by atoms with Gasteiger partial charge in [0.2, 0.25) is 0 Å². The van der Waals surface area contributed by atoms with Gasteiger partial charge in [-0.05, 0) is 36.0 Å². The molecule has 0 amide bonds. The van der Waals surface area contributed by atoms with Crippen LogP contribution in [0.1, 0.15) is 38.2 Å². The Morgan fingerprint density at radius 3 is 2.38 bits per heavy atom. The van der Waals surface area contributed by atoms with E-state index in [2.05, 4.69) is 22.5 Å². The first-order chi connectivity index (χ1) is 9.61. The van der Waals surface area contributed by atoms with E-state index in [1.807, 2.05) is 0 Å². The molecule has 0 saturated heterocycles. The van der Waals surface area contributed by atoms with Gasteiger partial charge < -0.3 is 10.6 Å². The quantitative estimate of drug-likeness (QED) is 0.456. The Labute approximate surface area is 143 Å². The zero-order valence-corrected chi connectivity index (χ0v) is 15.1. The number of hydrogen-bond donors (Lipinski definition) is 2. The van der Waals surface area contributed by atoms with Gasteiger partial charge >= 0.3 is 0 Å². The molecule has 1 saturated carbocycles. The molecular formula is C16H25FIN3. The third-order valence-electron chi connectivity index (χ3n) is 4.09. The van der Waals surface area contributed by atoms with Crippen LogP contribution in [0.5, 0.6) is 0 Å². The summed E-state index contributed by atoms with van der Waals surface area (Å²) in [6.45, 7) is 3.94. The van der Waals surface area contributed by atoms with Crippen LogP contribution in [0.25, 0.3) is 0 Å². The highest BCUT2D eigenvalue weighted by Gasteiger charge is 2.28. The van der Waals surface area contributed by atoms with Crippen LogP contribution in [0.15, 0.2) is 29.3 Å². The van der Waals surface area contributed by atoms with Crippen molar-refractivity contribution in [3.8, 4) is 0 Å². The highest BCUT2D eigenvalue weighted by molar-refractivity contribution is 14.0. The lowest BCUT2D eigenvalue weighted by Crippen LogP contribution is -2.41. The van der Waals surface area contributed by atoms with Crippen LogP contribution < -0.4 is 10.6 Å². The minimum Gasteiger partial charge on any atom is -0.356 e. The molecule has 0 aromatic heterocycles. The molecule has 2 N–H and O–H groups in total. The number of benzene rings is 1. The molecule has 21 heavy (non-hydrogen) atoms. The first kappa shape index (κ1) is 18.2. The average Bonchev–Trinajstić information content (AvgIpc) is 2.88. The molecule has 0 spiro atoms. The van der Waals surface area contributed by atoms with Gasteiger partial charge in [0.15, 0.2) is 5.96 Å². The molecule has 0 heterocycles. The van der Waals surface area contributed by atoms with Crippen molar-refractivity contribution >= 4 is 29.9 Å². The topological polar surface area (TPSA) is 36.4 Å². The maximum Gasteiger partial charge on any atom is 0.191 e.